The number of ether oxygens (including phenoxy) is 2. The van der Waals surface area contributed by atoms with Crippen LogP contribution in [0.2, 0.25) is 0 Å². The van der Waals surface area contributed by atoms with Crippen molar-refractivity contribution in [3.63, 3.8) is 0 Å². The SMILES string of the molecule is CCCC(F)(F)Oc1ccc(-c2ccc(-c3c4c(c(-c5ccc(-c6ccc(OC(F)(F)CCC)cc6)s5)c5nsnc35)N=S=N4)s2)cc1. The second-order valence-electron chi connectivity index (χ2n) is 11.0. The molecule has 6 aromatic rings. The molecule has 0 radical (unpaired) electrons. The lowest BCUT2D eigenvalue weighted by molar-refractivity contribution is -0.181. The van der Waals surface area contributed by atoms with Crippen molar-refractivity contribution in [1.82, 2.24) is 8.75 Å². The number of hydrogen-bond acceptors (Lipinski definition) is 9. The van der Waals surface area contributed by atoms with Gasteiger partial charge < -0.3 is 9.47 Å². The van der Waals surface area contributed by atoms with Gasteiger partial charge in [-0.3, -0.25) is 0 Å². The predicted molar refractivity (Wildman–Crippen MR) is 187 cm³/mol. The van der Waals surface area contributed by atoms with Crippen LogP contribution in [0.15, 0.2) is 81.5 Å². The highest BCUT2D eigenvalue weighted by Gasteiger charge is 2.31. The van der Waals surface area contributed by atoms with E-state index >= 15 is 0 Å². The minimum absolute atomic E-state index is 0.116. The van der Waals surface area contributed by atoms with E-state index in [-0.39, 0.29) is 24.3 Å². The van der Waals surface area contributed by atoms with Crippen LogP contribution in [0.5, 0.6) is 11.5 Å². The average Bonchev–Trinajstić information content (AvgIpc) is 3.88. The van der Waals surface area contributed by atoms with Crippen molar-refractivity contribution >= 4 is 68.2 Å². The van der Waals surface area contributed by atoms with Gasteiger partial charge in [0, 0.05) is 30.6 Å². The van der Waals surface area contributed by atoms with E-state index < -0.39 is 12.2 Å². The number of aromatic nitrogens is 2. The Morgan fingerprint density at radius 2 is 0.958 bits per heavy atom. The summed E-state index contributed by atoms with van der Waals surface area (Å²) < 4.78 is 84.4. The molecule has 0 atom stereocenters. The first-order valence-corrected chi connectivity index (χ1v) is 18.2. The first kappa shape index (κ1) is 32.6. The van der Waals surface area contributed by atoms with Crippen molar-refractivity contribution in [2.24, 2.45) is 8.73 Å². The van der Waals surface area contributed by atoms with Gasteiger partial charge in [-0.2, -0.15) is 35.0 Å². The first-order chi connectivity index (χ1) is 23.1. The summed E-state index contributed by atoms with van der Waals surface area (Å²) >= 11 is 5.32. The Bertz CT molecular complexity index is 2020. The quantitative estimate of drug-likeness (QED) is 0.118. The van der Waals surface area contributed by atoms with Gasteiger partial charge in [0.05, 0.1) is 35.9 Å². The molecule has 4 heterocycles. The van der Waals surface area contributed by atoms with Crippen molar-refractivity contribution in [3.05, 3.63) is 72.8 Å². The molecule has 0 saturated carbocycles. The van der Waals surface area contributed by atoms with Crippen molar-refractivity contribution in [2.75, 3.05) is 0 Å². The maximum absolute atomic E-state index is 14.0. The topological polar surface area (TPSA) is 69.0 Å². The van der Waals surface area contributed by atoms with Gasteiger partial charge in [-0.15, -0.1) is 22.7 Å². The number of thiophene rings is 2. The van der Waals surface area contributed by atoms with E-state index in [1.54, 1.807) is 85.1 Å². The summed E-state index contributed by atoms with van der Waals surface area (Å²) in [5.74, 6) is 0.231. The second kappa shape index (κ2) is 13.1. The van der Waals surface area contributed by atoms with E-state index in [1.165, 1.54) is 0 Å². The van der Waals surface area contributed by atoms with Crippen LogP contribution in [-0.2, 0) is 11.4 Å². The molecule has 0 bridgehead atoms. The summed E-state index contributed by atoms with van der Waals surface area (Å²) in [6.07, 6.45) is -6.46. The smallest absolute Gasteiger partial charge is 0.397 e. The maximum Gasteiger partial charge on any atom is 0.397 e. The lowest BCUT2D eigenvalue weighted by Gasteiger charge is -2.17. The summed E-state index contributed by atoms with van der Waals surface area (Å²) in [6, 6.07) is 21.3. The minimum atomic E-state index is -3.21. The second-order valence-corrected chi connectivity index (χ2v) is 14.3. The lowest BCUT2D eigenvalue weighted by Crippen LogP contribution is -2.24. The molecule has 48 heavy (non-hydrogen) atoms. The molecule has 0 N–H and O–H groups in total. The number of nitrogens with zero attached hydrogens (tertiary/aromatic N) is 4. The normalized spacial score (nSPS) is 12.8. The number of halogens is 4. The summed E-state index contributed by atoms with van der Waals surface area (Å²) in [4.78, 5) is 3.75. The lowest BCUT2D eigenvalue weighted by atomic mass is 10.0. The third kappa shape index (κ3) is 6.53. The largest absolute Gasteiger partial charge is 0.433 e. The van der Waals surface area contributed by atoms with Crippen LogP contribution in [0.4, 0.5) is 28.9 Å². The first-order valence-electron chi connectivity index (χ1n) is 15.1. The number of rotatable bonds is 12. The third-order valence-electron chi connectivity index (χ3n) is 7.52. The van der Waals surface area contributed by atoms with Crippen LogP contribution in [-0.4, -0.2) is 21.0 Å². The van der Waals surface area contributed by atoms with E-state index in [0.29, 0.717) is 12.8 Å². The van der Waals surface area contributed by atoms with Crippen molar-refractivity contribution < 1.29 is 27.0 Å². The van der Waals surface area contributed by atoms with Gasteiger partial charge in [0.2, 0.25) is 0 Å². The molecular formula is C34H26F4N4O2S4. The Balaban J connectivity index is 1.19. The Morgan fingerprint density at radius 1 is 0.562 bits per heavy atom. The molecule has 14 heteroatoms. The maximum atomic E-state index is 14.0. The van der Waals surface area contributed by atoms with Gasteiger partial charge in [0.1, 0.15) is 33.9 Å². The van der Waals surface area contributed by atoms with Crippen LogP contribution in [0.25, 0.3) is 52.8 Å². The fourth-order valence-electron chi connectivity index (χ4n) is 5.38. The Labute approximate surface area is 289 Å². The van der Waals surface area contributed by atoms with Gasteiger partial charge in [0.25, 0.3) is 0 Å². The zero-order valence-electron chi connectivity index (χ0n) is 25.5. The number of alkyl halides is 4. The molecule has 0 spiro atoms. The molecule has 3 aromatic heterocycles. The van der Waals surface area contributed by atoms with Crippen LogP contribution < -0.4 is 9.47 Å². The highest BCUT2D eigenvalue weighted by molar-refractivity contribution is 7.58. The van der Waals surface area contributed by atoms with E-state index in [1.807, 2.05) is 24.3 Å². The highest BCUT2D eigenvalue weighted by Crippen LogP contribution is 2.54. The molecule has 1 aliphatic rings. The molecule has 3 aromatic carbocycles. The minimum Gasteiger partial charge on any atom is -0.433 e. The zero-order valence-corrected chi connectivity index (χ0v) is 28.8. The molecule has 0 unspecified atom stereocenters. The predicted octanol–water partition coefficient (Wildman–Crippen LogP) is 12.8. The highest BCUT2D eigenvalue weighted by atomic mass is 32.1. The van der Waals surface area contributed by atoms with Gasteiger partial charge in [-0.25, -0.2) is 0 Å². The molecule has 0 aliphatic carbocycles. The van der Waals surface area contributed by atoms with Crippen LogP contribution in [0, 0.1) is 0 Å². The Kier molecular flexibility index (Phi) is 8.92. The fourth-order valence-corrected chi connectivity index (χ4v) is 8.62. The van der Waals surface area contributed by atoms with Crippen molar-refractivity contribution in [1.29, 1.82) is 0 Å². The fraction of sp³-hybridized carbons (Fsp3) is 0.235. The van der Waals surface area contributed by atoms with E-state index in [4.69, 9.17) is 9.47 Å². The Hall–Kier alpha value is -3.98. The van der Waals surface area contributed by atoms with Crippen LogP contribution in [0.1, 0.15) is 39.5 Å². The Morgan fingerprint density at radius 3 is 1.35 bits per heavy atom. The summed E-state index contributed by atoms with van der Waals surface area (Å²) in [7, 11) is 0. The van der Waals surface area contributed by atoms with Crippen molar-refractivity contribution in [2.45, 2.75) is 51.7 Å². The third-order valence-corrected chi connectivity index (χ3v) is 10.9. The van der Waals surface area contributed by atoms with Gasteiger partial charge in [0.15, 0.2) is 0 Å². The standard InChI is InChI=1S/C34H26F4N4O2S4/c1-3-17-33(35,36)43-21-9-5-19(6-10-21)23-13-15-25(45-23)27-29-31(41-47-39-29)28(32-30(27)40-48-42-32)26-16-14-24(46-26)20-7-11-22(12-8-20)44-34(37,38)18-4-2/h5-16H,3-4,17-18H2,1-2H3. The van der Waals surface area contributed by atoms with Gasteiger partial charge in [-0.05, 0) is 96.8 Å². The average molecular weight is 727 g/mol. The molecule has 0 saturated heterocycles. The summed E-state index contributed by atoms with van der Waals surface area (Å²) in [5, 5.41) is 0. The molecule has 246 valence electrons. The van der Waals surface area contributed by atoms with Gasteiger partial charge >= 0.3 is 12.2 Å². The summed E-state index contributed by atoms with van der Waals surface area (Å²) in [6.45, 7) is 3.38. The molecule has 0 fully saturated rings. The molecule has 6 nitrogen and oxygen atoms in total. The van der Waals surface area contributed by atoms with E-state index in [2.05, 4.69) is 17.5 Å². The van der Waals surface area contributed by atoms with E-state index in [0.717, 1.165) is 87.3 Å². The van der Waals surface area contributed by atoms with Gasteiger partial charge in [-0.1, -0.05) is 13.8 Å². The van der Waals surface area contributed by atoms with E-state index in [9.17, 15) is 17.6 Å². The zero-order chi connectivity index (χ0) is 33.5. The molecular weight excluding hydrogens is 701 g/mol. The number of fused-ring (bicyclic) bond motifs is 2. The van der Waals surface area contributed by atoms with Crippen LogP contribution >= 0.6 is 34.4 Å². The van der Waals surface area contributed by atoms with Crippen LogP contribution in [0.3, 0.4) is 0 Å². The number of benzene rings is 3. The molecule has 1 aliphatic heterocycles. The van der Waals surface area contributed by atoms with Crippen molar-refractivity contribution in [3.8, 4) is 53.3 Å². The summed E-state index contributed by atoms with van der Waals surface area (Å²) in [5.41, 5.74) is 6.29. The monoisotopic (exact) mass is 726 g/mol. The molecule has 0 amide bonds. The number of hydrogen-bond donors (Lipinski definition) is 0. The molecule has 7 rings (SSSR count).